The second-order valence-electron chi connectivity index (χ2n) is 4.10. The number of anilines is 1. The van der Waals surface area contributed by atoms with Crippen molar-refractivity contribution in [2.45, 2.75) is 19.3 Å². The minimum atomic E-state index is -0.468. The molecule has 1 aliphatic rings. The fourth-order valence-electron chi connectivity index (χ4n) is 1.54. The number of nitro benzene ring substituents is 1. The Labute approximate surface area is 93.4 Å². The van der Waals surface area contributed by atoms with Crippen molar-refractivity contribution < 1.29 is 9.66 Å². The van der Waals surface area contributed by atoms with Gasteiger partial charge in [0.25, 0.3) is 5.69 Å². The zero-order valence-corrected chi connectivity index (χ0v) is 8.89. The summed E-state index contributed by atoms with van der Waals surface area (Å²) in [5.41, 5.74) is 5.89. The van der Waals surface area contributed by atoms with Crippen molar-refractivity contribution in [3.63, 3.8) is 0 Å². The van der Waals surface area contributed by atoms with Crippen LogP contribution in [0.15, 0.2) is 18.2 Å². The van der Waals surface area contributed by atoms with E-state index >= 15 is 0 Å². The molecule has 0 atom stereocenters. The molecule has 0 bridgehead atoms. The summed E-state index contributed by atoms with van der Waals surface area (Å²) in [6.45, 7) is 0.602. The number of rotatable bonds is 5. The third-order valence-corrected chi connectivity index (χ3v) is 2.62. The Morgan fingerprint density at radius 1 is 1.44 bits per heavy atom. The molecule has 2 rings (SSSR count). The van der Waals surface area contributed by atoms with Crippen LogP contribution in [0.1, 0.15) is 19.3 Å². The summed E-state index contributed by atoms with van der Waals surface area (Å²) in [6.07, 6.45) is 3.57. The highest BCUT2D eigenvalue weighted by Crippen LogP contribution is 2.32. The maximum atomic E-state index is 10.6. The molecular formula is C11H14N2O3. The Bertz CT molecular complexity index is 402. The van der Waals surface area contributed by atoms with Gasteiger partial charge in [0.2, 0.25) is 0 Å². The van der Waals surface area contributed by atoms with Gasteiger partial charge in [0, 0.05) is 17.8 Å². The SMILES string of the molecule is Nc1cc(OCCC2CC2)cc([N+](=O)[O-])c1. The minimum absolute atomic E-state index is 0.0265. The van der Waals surface area contributed by atoms with Crippen LogP contribution < -0.4 is 10.5 Å². The smallest absolute Gasteiger partial charge is 0.275 e. The monoisotopic (exact) mass is 222 g/mol. The van der Waals surface area contributed by atoms with Crippen molar-refractivity contribution in [3.8, 4) is 5.75 Å². The molecule has 86 valence electrons. The number of nitrogens with two attached hydrogens (primary N) is 1. The Hall–Kier alpha value is -1.78. The van der Waals surface area contributed by atoms with Crippen LogP contribution in [0, 0.1) is 16.0 Å². The predicted octanol–water partition coefficient (Wildman–Crippen LogP) is 2.36. The van der Waals surface area contributed by atoms with Gasteiger partial charge < -0.3 is 10.5 Å². The summed E-state index contributed by atoms with van der Waals surface area (Å²) in [6, 6.07) is 4.34. The molecule has 1 aromatic rings. The number of hydrogen-bond acceptors (Lipinski definition) is 4. The maximum absolute atomic E-state index is 10.6. The van der Waals surface area contributed by atoms with Crippen molar-refractivity contribution in [2.24, 2.45) is 5.92 Å². The molecule has 0 spiro atoms. The van der Waals surface area contributed by atoms with Gasteiger partial charge in [-0.25, -0.2) is 0 Å². The van der Waals surface area contributed by atoms with Gasteiger partial charge >= 0.3 is 0 Å². The summed E-state index contributed by atoms with van der Waals surface area (Å²) in [5.74, 6) is 1.27. The molecule has 1 fully saturated rings. The van der Waals surface area contributed by atoms with Gasteiger partial charge in [-0.1, -0.05) is 12.8 Å². The van der Waals surface area contributed by atoms with Crippen molar-refractivity contribution in [2.75, 3.05) is 12.3 Å². The highest BCUT2D eigenvalue weighted by atomic mass is 16.6. The third kappa shape index (κ3) is 2.85. The standard InChI is InChI=1S/C11H14N2O3/c12-9-5-10(13(14)15)7-11(6-9)16-4-3-8-1-2-8/h5-8H,1-4,12H2. The second kappa shape index (κ2) is 4.38. The number of ether oxygens (including phenoxy) is 1. The van der Waals surface area contributed by atoms with Crippen LogP contribution >= 0.6 is 0 Å². The summed E-state index contributed by atoms with van der Waals surface area (Å²) >= 11 is 0. The first-order valence-electron chi connectivity index (χ1n) is 5.33. The Kier molecular flexibility index (Phi) is 2.94. The third-order valence-electron chi connectivity index (χ3n) is 2.62. The lowest BCUT2D eigenvalue weighted by molar-refractivity contribution is -0.384. The number of hydrogen-bond donors (Lipinski definition) is 1. The van der Waals surface area contributed by atoms with E-state index in [0.717, 1.165) is 12.3 Å². The molecule has 1 saturated carbocycles. The molecule has 5 heteroatoms. The van der Waals surface area contributed by atoms with E-state index in [2.05, 4.69) is 0 Å². The fraction of sp³-hybridized carbons (Fsp3) is 0.455. The average molecular weight is 222 g/mol. The van der Waals surface area contributed by atoms with Crippen molar-refractivity contribution in [1.29, 1.82) is 0 Å². The lowest BCUT2D eigenvalue weighted by atomic mass is 10.2. The normalized spacial score (nSPS) is 14.8. The topological polar surface area (TPSA) is 78.4 Å². The molecule has 16 heavy (non-hydrogen) atoms. The van der Waals surface area contributed by atoms with Gasteiger partial charge in [-0.2, -0.15) is 0 Å². The summed E-state index contributed by atoms with van der Waals surface area (Å²) in [5, 5.41) is 10.6. The van der Waals surface area contributed by atoms with E-state index in [4.69, 9.17) is 10.5 Å². The van der Waals surface area contributed by atoms with E-state index in [1.165, 1.54) is 25.0 Å². The largest absolute Gasteiger partial charge is 0.493 e. The van der Waals surface area contributed by atoms with Gasteiger partial charge in [0.1, 0.15) is 5.75 Å². The summed E-state index contributed by atoms with van der Waals surface area (Å²) < 4.78 is 5.44. The molecule has 2 N–H and O–H groups in total. The maximum Gasteiger partial charge on any atom is 0.275 e. The zero-order chi connectivity index (χ0) is 11.5. The first kappa shape index (κ1) is 10.7. The molecule has 0 radical (unpaired) electrons. The Balaban J connectivity index is 1.98. The van der Waals surface area contributed by atoms with Crippen LogP contribution in [0.4, 0.5) is 11.4 Å². The molecule has 5 nitrogen and oxygen atoms in total. The molecule has 0 heterocycles. The van der Waals surface area contributed by atoms with E-state index in [1.54, 1.807) is 6.07 Å². The van der Waals surface area contributed by atoms with E-state index in [-0.39, 0.29) is 5.69 Å². The first-order chi connectivity index (χ1) is 7.65. The number of non-ortho nitro benzene ring substituents is 1. The highest BCUT2D eigenvalue weighted by Gasteiger charge is 2.20. The number of benzene rings is 1. The fourth-order valence-corrected chi connectivity index (χ4v) is 1.54. The van der Waals surface area contributed by atoms with E-state index < -0.39 is 4.92 Å². The van der Waals surface area contributed by atoms with Crippen LogP contribution in [-0.4, -0.2) is 11.5 Å². The average Bonchev–Trinajstić information content (AvgIpc) is 3.01. The van der Waals surface area contributed by atoms with Crippen LogP contribution in [0.5, 0.6) is 5.75 Å². The van der Waals surface area contributed by atoms with Crippen molar-refractivity contribution in [1.82, 2.24) is 0 Å². The lowest BCUT2D eigenvalue weighted by Crippen LogP contribution is -2.00. The van der Waals surface area contributed by atoms with Gasteiger partial charge in [0.05, 0.1) is 17.6 Å². The highest BCUT2D eigenvalue weighted by molar-refractivity contribution is 5.53. The molecule has 0 saturated heterocycles. The Morgan fingerprint density at radius 3 is 2.81 bits per heavy atom. The van der Waals surface area contributed by atoms with Gasteiger partial charge in [0.15, 0.2) is 0 Å². The van der Waals surface area contributed by atoms with Gasteiger partial charge in [-0.05, 0) is 12.3 Å². The van der Waals surface area contributed by atoms with E-state index in [0.29, 0.717) is 18.0 Å². The summed E-state index contributed by atoms with van der Waals surface area (Å²) in [7, 11) is 0. The molecule has 1 aliphatic carbocycles. The number of nitrogens with zero attached hydrogens (tertiary/aromatic N) is 1. The van der Waals surface area contributed by atoms with Crippen molar-refractivity contribution >= 4 is 11.4 Å². The zero-order valence-electron chi connectivity index (χ0n) is 8.89. The lowest BCUT2D eigenvalue weighted by Gasteiger charge is -2.06. The van der Waals surface area contributed by atoms with Crippen LogP contribution in [0.25, 0.3) is 0 Å². The van der Waals surface area contributed by atoms with Crippen LogP contribution in [0.3, 0.4) is 0 Å². The van der Waals surface area contributed by atoms with Gasteiger partial charge in [-0.3, -0.25) is 10.1 Å². The molecule has 1 aromatic carbocycles. The van der Waals surface area contributed by atoms with E-state index in [1.807, 2.05) is 0 Å². The predicted molar refractivity (Wildman–Crippen MR) is 60.3 cm³/mol. The second-order valence-corrected chi connectivity index (χ2v) is 4.10. The van der Waals surface area contributed by atoms with Gasteiger partial charge in [-0.15, -0.1) is 0 Å². The molecular weight excluding hydrogens is 208 g/mol. The van der Waals surface area contributed by atoms with Crippen molar-refractivity contribution in [3.05, 3.63) is 28.3 Å². The Morgan fingerprint density at radius 2 is 2.19 bits per heavy atom. The number of nitrogen functional groups attached to an aromatic ring is 1. The number of nitro groups is 1. The molecule has 0 amide bonds. The molecule has 0 unspecified atom stereocenters. The molecule has 0 aliphatic heterocycles. The van der Waals surface area contributed by atoms with Crippen LogP contribution in [0.2, 0.25) is 0 Å². The summed E-state index contributed by atoms with van der Waals surface area (Å²) in [4.78, 5) is 10.1. The quantitative estimate of drug-likeness (QED) is 0.471. The van der Waals surface area contributed by atoms with E-state index in [9.17, 15) is 10.1 Å². The first-order valence-corrected chi connectivity index (χ1v) is 5.33. The minimum Gasteiger partial charge on any atom is -0.493 e. The van der Waals surface area contributed by atoms with Crippen LogP contribution in [-0.2, 0) is 0 Å². The molecule has 0 aromatic heterocycles.